The maximum Gasteiger partial charge on any atom is 0.328 e. The van der Waals surface area contributed by atoms with Crippen LogP contribution in [0.4, 0.5) is 0 Å². The number of rotatable bonds is 9. The molecule has 5 heteroatoms. The van der Waals surface area contributed by atoms with Crippen molar-refractivity contribution in [2.45, 2.75) is 98.8 Å². The number of carbonyl (C=O) groups excluding carboxylic acids is 2. The normalized spacial score (nSPS) is 20.3. The number of hydrogen-bond acceptors (Lipinski definition) is 4. The van der Waals surface area contributed by atoms with E-state index in [0.29, 0.717) is 0 Å². The second-order valence-corrected chi connectivity index (χ2v) is 9.06. The van der Waals surface area contributed by atoms with Crippen molar-refractivity contribution in [1.82, 2.24) is 5.32 Å². The average Bonchev–Trinajstić information content (AvgIpc) is 2.60. The summed E-state index contributed by atoms with van der Waals surface area (Å²) in [6.45, 7) is 14.0. The van der Waals surface area contributed by atoms with E-state index < -0.39 is 18.1 Å². The molecule has 0 saturated carbocycles. The average molecular weight is 405 g/mol. The van der Waals surface area contributed by atoms with E-state index in [1.54, 1.807) is 13.8 Å². The van der Waals surface area contributed by atoms with E-state index in [1.807, 2.05) is 6.92 Å². The molecule has 164 valence electrons. The molecule has 1 rings (SSSR count). The SMILES string of the molecule is CC(C=CC1=C(C)CCCC1(C)C)=CCCC(C)OC(=O)[C@H](C)NC(=O)[C@H](C)N. The number of nitrogens with two attached hydrogens (primary N) is 1. The van der Waals surface area contributed by atoms with E-state index in [2.05, 4.69) is 51.2 Å². The Morgan fingerprint density at radius 1 is 1.28 bits per heavy atom. The van der Waals surface area contributed by atoms with Gasteiger partial charge in [0.05, 0.1) is 12.1 Å². The molecule has 1 aliphatic rings. The lowest BCUT2D eigenvalue weighted by Gasteiger charge is -2.32. The van der Waals surface area contributed by atoms with Crippen LogP contribution in [-0.2, 0) is 14.3 Å². The molecule has 29 heavy (non-hydrogen) atoms. The molecule has 0 spiro atoms. The summed E-state index contributed by atoms with van der Waals surface area (Å²) in [5.74, 6) is -0.798. The van der Waals surface area contributed by atoms with Gasteiger partial charge in [0.25, 0.3) is 0 Å². The topological polar surface area (TPSA) is 81.4 Å². The largest absolute Gasteiger partial charge is 0.461 e. The molecule has 0 heterocycles. The molecule has 1 aliphatic carbocycles. The number of hydrogen-bond donors (Lipinski definition) is 2. The van der Waals surface area contributed by atoms with Gasteiger partial charge in [-0.1, -0.05) is 43.2 Å². The molecule has 3 N–H and O–H groups in total. The predicted octanol–water partition coefficient (Wildman–Crippen LogP) is 4.58. The molecule has 0 aromatic carbocycles. The molecule has 1 amide bonds. The fourth-order valence-electron chi connectivity index (χ4n) is 3.60. The van der Waals surface area contributed by atoms with E-state index in [9.17, 15) is 9.59 Å². The summed E-state index contributed by atoms with van der Waals surface area (Å²) in [4.78, 5) is 23.6. The Kier molecular flexibility index (Phi) is 9.84. The van der Waals surface area contributed by atoms with Gasteiger partial charge >= 0.3 is 5.97 Å². The van der Waals surface area contributed by atoms with E-state index >= 15 is 0 Å². The highest BCUT2D eigenvalue weighted by Crippen LogP contribution is 2.40. The van der Waals surface area contributed by atoms with Crippen molar-refractivity contribution in [2.75, 3.05) is 0 Å². The zero-order chi connectivity index (χ0) is 22.2. The van der Waals surface area contributed by atoms with Gasteiger partial charge in [0, 0.05) is 0 Å². The van der Waals surface area contributed by atoms with Crippen LogP contribution >= 0.6 is 0 Å². The number of allylic oxidation sites excluding steroid dienone is 6. The minimum atomic E-state index is -0.702. The summed E-state index contributed by atoms with van der Waals surface area (Å²) in [5.41, 5.74) is 9.91. The first-order valence-electron chi connectivity index (χ1n) is 10.8. The molecular weight excluding hydrogens is 364 g/mol. The number of esters is 1. The Bertz CT molecular complexity index is 672. The molecule has 0 fully saturated rings. The van der Waals surface area contributed by atoms with Crippen LogP contribution in [0.2, 0.25) is 0 Å². The Morgan fingerprint density at radius 3 is 2.52 bits per heavy atom. The molecular formula is C24H40N2O3. The molecule has 0 aromatic heterocycles. The first-order chi connectivity index (χ1) is 13.4. The van der Waals surface area contributed by atoms with Gasteiger partial charge in [0.2, 0.25) is 5.91 Å². The first kappa shape index (κ1) is 25.2. The zero-order valence-electron chi connectivity index (χ0n) is 19.3. The van der Waals surface area contributed by atoms with Gasteiger partial charge in [0.15, 0.2) is 0 Å². The third-order valence-electron chi connectivity index (χ3n) is 5.54. The Hall–Kier alpha value is -1.88. The maximum absolute atomic E-state index is 12.1. The fourth-order valence-corrected chi connectivity index (χ4v) is 3.60. The lowest BCUT2D eigenvalue weighted by atomic mass is 9.72. The van der Waals surface area contributed by atoms with E-state index in [1.165, 1.54) is 36.0 Å². The molecule has 0 saturated heterocycles. The summed E-state index contributed by atoms with van der Waals surface area (Å²) in [5, 5.41) is 2.55. The van der Waals surface area contributed by atoms with Gasteiger partial charge in [-0.2, -0.15) is 0 Å². The number of nitrogens with one attached hydrogen (secondary N) is 1. The summed E-state index contributed by atoms with van der Waals surface area (Å²) < 4.78 is 5.42. The quantitative estimate of drug-likeness (QED) is 0.435. The third-order valence-corrected chi connectivity index (χ3v) is 5.54. The minimum Gasteiger partial charge on any atom is -0.461 e. The first-order valence-corrected chi connectivity index (χ1v) is 10.8. The van der Waals surface area contributed by atoms with Crippen molar-refractivity contribution >= 4 is 11.9 Å². The van der Waals surface area contributed by atoms with E-state index in [0.717, 1.165) is 12.8 Å². The van der Waals surface area contributed by atoms with Crippen LogP contribution in [0.5, 0.6) is 0 Å². The highest BCUT2D eigenvalue weighted by atomic mass is 16.5. The van der Waals surface area contributed by atoms with Crippen LogP contribution in [0, 0.1) is 5.41 Å². The zero-order valence-corrected chi connectivity index (χ0v) is 19.3. The van der Waals surface area contributed by atoms with Crippen LogP contribution < -0.4 is 11.1 Å². The highest BCUT2D eigenvalue weighted by molar-refractivity contribution is 5.86. The number of carbonyl (C=O) groups is 2. The summed E-state index contributed by atoms with van der Waals surface area (Å²) in [6, 6.07) is -1.35. The van der Waals surface area contributed by atoms with E-state index in [-0.39, 0.29) is 17.4 Å². The van der Waals surface area contributed by atoms with Gasteiger partial charge < -0.3 is 15.8 Å². The highest BCUT2D eigenvalue weighted by Gasteiger charge is 2.26. The Morgan fingerprint density at radius 2 is 1.93 bits per heavy atom. The summed E-state index contributed by atoms with van der Waals surface area (Å²) in [6.07, 6.45) is 11.7. The monoisotopic (exact) mass is 404 g/mol. The number of ether oxygens (including phenoxy) is 1. The predicted molar refractivity (Wildman–Crippen MR) is 119 cm³/mol. The molecule has 0 aromatic rings. The van der Waals surface area contributed by atoms with Gasteiger partial charge in [0.1, 0.15) is 6.04 Å². The molecule has 0 aliphatic heterocycles. The minimum absolute atomic E-state index is 0.215. The molecule has 5 nitrogen and oxygen atoms in total. The van der Waals surface area contributed by atoms with Crippen molar-refractivity contribution in [1.29, 1.82) is 0 Å². The summed E-state index contributed by atoms with van der Waals surface area (Å²) in [7, 11) is 0. The van der Waals surface area contributed by atoms with E-state index in [4.69, 9.17) is 10.5 Å². The van der Waals surface area contributed by atoms with Crippen LogP contribution in [0.25, 0.3) is 0 Å². The maximum atomic E-state index is 12.1. The Labute approximate surface area is 176 Å². The smallest absolute Gasteiger partial charge is 0.328 e. The standard InChI is InChI=1S/C24H40N2O3/c1-16(13-14-21-17(2)11-9-15-24(21,6)7)10-8-12-18(3)29-23(28)20(5)26-22(27)19(4)25/h10,13-14,18-20H,8-9,11-12,15,25H2,1-7H3,(H,26,27)/t18?,19-,20-/m0/s1. The van der Waals surface area contributed by atoms with Crippen molar-refractivity contribution in [3.05, 3.63) is 34.9 Å². The second kappa shape index (κ2) is 11.3. The molecule has 0 bridgehead atoms. The van der Waals surface area contributed by atoms with Gasteiger partial charge in [-0.3, -0.25) is 4.79 Å². The van der Waals surface area contributed by atoms with Gasteiger partial charge in [-0.15, -0.1) is 0 Å². The van der Waals surface area contributed by atoms with Crippen molar-refractivity contribution in [2.24, 2.45) is 11.1 Å². The van der Waals surface area contributed by atoms with Crippen LogP contribution in [-0.4, -0.2) is 30.1 Å². The van der Waals surface area contributed by atoms with Crippen molar-refractivity contribution < 1.29 is 14.3 Å². The fraction of sp³-hybridized carbons (Fsp3) is 0.667. The molecule has 0 radical (unpaired) electrons. The molecule has 1 unspecified atom stereocenters. The summed E-state index contributed by atoms with van der Waals surface area (Å²) >= 11 is 0. The lowest BCUT2D eigenvalue weighted by molar-refractivity contribution is -0.152. The lowest BCUT2D eigenvalue weighted by Crippen LogP contribution is -2.46. The number of amides is 1. The van der Waals surface area contributed by atoms with Crippen LogP contribution in [0.15, 0.2) is 34.9 Å². The Balaban J connectivity index is 2.49. The second-order valence-electron chi connectivity index (χ2n) is 9.06. The van der Waals surface area contributed by atoms with Gasteiger partial charge in [-0.05, 0) is 77.7 Å². The van der Waals surface area contributed by atoms with Crippen LogP contribution in [0.1, 0.15) is 80.6 Å². The third kappa shape index (κ3) is 8.57. The van der Waals surface area contributed by atoms with Crippen molar-refractivity contribution in [3.8, 4) is 0 Å². The van der Waals surface area contributed by atoms with Crippen LogP contribution in [0.3, 0.4) is 0 Å². The van der Waals surface area contributed by atoms with Crippen molar-refractivity contribution in [3.63, 3.8) is 0 Å². The molecule has 3 atom stereocenters. The van der Waals surface area contributed by atoms with Gasteiger partial charge in [-0.25, -0.2) is 4.79 Å².